The Bertz CT molecular complexity index is 722. The molecule has 0 spiro atoms. The van der Waals surface area contributed by atoms with Crippen LogP contribution >= 0.6 is 11.6 Å². The average molecular weight is 316 g/mol. The molecule has 1 aliphatic rings. The van der Waals surface area contributed by atoms with Gasteiger partial charge in [0.25, 0.3) is 5.91 Å². The quantitative estimate of drug-likeness (QED) is 0.868. The molecule has 0 saturated carbocycles. The van der Waals surface area contributed by atoms with Gasteiger partial charge in [0, 0.05) is 18.3 Å². The number of halogens is 1. The van der Waals surface area contributed by atoms with E-state index in [-0.39, 0.29) is 11.9 Å². The van der Waals surface area contributed by atoms with Crippen molar-refractivity contribution in [1.29, 1.82) is 0 Å². The molecule has 5 heteroatoms. The summed E-state index contributed by atoms with van der Waals surface area (Å²) in [6.45, 7) is 4.10. The van der Waals surface area contributed by atoms with Crippen LogP contribution in [0.2, 0.25) is 0 Å². The highest BCUT2D eigenvalue weighted by Gasteiger charge is 2.31. The second-order valence-electron chi connectivity index (χ2n) is 5.61. The van der Waals surface area contributed by atoms with Gasteiger partial charge in [0.05, 0.1) is 24.3 Å². The lowest BCUT2D eigenvalue weighted by Crippen LogP contribution is -2.35. The Hall–Kier alpha value is -2.07. The lowest BCUT2D eigenvalue weighted by Gasteiger charge is -2.29. The second-order valence-corrected chi connectivity index (χ2v) is 6.14. The molecule has 0 saturated heterocycles. The predicted molar refractivity (Wildman–Crippen MR) is 86.7 cm³/mol. The molecule has 0 radical (unpaired) electrons. The Morgan fingerprint density at radius 1 is 1.50 bits per heavy atom. The van der Waals surface area contributed by atoms with Crippen LogP contribution < -0.4 is 0 Å². The van der Waals surface area contributed by atoms with Crippen molar-refractivity contribution in [3.05, 3.63) is 65.0 Å². The van der Waals surface area contributed by atoms with Gasteiger partial charge in [-0.3, -0.25) is 9.48 Å². The van der Waals surface area contributed by atoms with E-state index < -0.39 is 0 Å². The molecule has 1 aliphatic carbocycles. The summed E-state index contributed by atoms with van der Waals surface area (Å²) in [6, 6.07) is 8.30. The van der Waals surface area contributed by atoms with Crippen molar-refractivity contribution in [2.75, 3.05) is 6.54 Å². The zero-order valence-corrected chi connectivity index (χ0v) is 13.3. The van der Waals surface area contributed by atoms with Crippen molar-refractivity contribution in [1.82, 2.24) is 14.7 Å². The van der Waals surface area contributed by atoms with Gasteiger partial charge in [-0.2, -0.15) is 5.10 Å². The smallest absolute Gasteiger partial charge is 0.257 e. The van der Waals surface area contributed by atoms with Crippen LogP contribution in [0.1, 0.15) is 33.9 Å². The SMILES string of the molecule is C=C(Cl)CN(C(=O)c1cnn(C)c1)[C@H]1CCc2ccccc21. The Labute approximate surface area is 135 Å². The van der Waals surface area contributed by atoms with Crippen molar-refractivity contribution in [3.63, 3.8) is 0 Å². The van der Waals surface area contributed by atoms with Gasteiger partial charge >= 0.3 is 0 Å². The molecule has 0 unspecified atom stereocenters. The van der Waals surface area contributed by atoms with E-state index in [1.807, 2.05) is 12.1 Å². The molecule has 0 aliphatic heterocycles. The minimum absolute atomic E-state index is 0.0411. The lowest BCUT2D eigenvalue weighted by atomic mass is 10.1. The second kappa shape index (κ2) is 5.97. The average Bonchev–Trinajstić information content (AvgIpc) is 3.10. The summed E-state index contributed by atoms with van der Waals surface area (Å²) in [6.07, 6.45) is 5.21. The van der Waals surface area contributed by atoms with E-state index in [4.69, 9.17) is 11.6 Å². The molecule has 0 fully saturated rings. The molecular weight excluding hydrogens is 298 g/mol. The third-order valence-electron chi connectivity index (χ3n) is 4.03. The number of carbonyl (C=O) groups is 1. The Balaban J connectivity index is 1.94. The summed E-state index contributed by atoms with van der Waals surface area (Å²) < 4.78 is 1.63. The van der Waals surface area contributed by atoms with E-state index in [0.29, 0.717) is 17.1 Å². The lowest BCUT2D eigenvalue weighted by molar-refractivity contribution is 0.0699. The Morgan fingerprint density at radius 3 is 2.95 bits per heavy atom. The number of aryl methyl sites for hydroxylation is 2. The molecule has 1 amide bonds. The van der Waals surface area contributed by atoms with Crippen molar-refractivity contribution in [2.45, 2.75) is 18.9 Å². The van der Waals surface area contributed by atoms with E-state index in [1.54, 1.807) is 29.0 Å². The highest BCUT2D eigenvalue weighted by molar-refractivity contribution is 6.29. The van der Waals surface area contributed by atoms with Crippen LogP contribution in [0.15, 0.2) is 48.3 Å². The number of hydrogen-bond donors (Lipinski definition) is 0. The minimum atomic E-state index is -0.0587. The highest BCUT2D eigenvalue weighted by atomic mass is 35.5. The molecule has 114 valence electrons. The van der Waals surface area contributed by atoms with Crippen molar-refractivity contribution in [2.24, 2.45) is 7.05 Å². The maximum atomic E-state index is 12.9. The van der Waals surface area contributed by atoms with Crippen LogP contribution in [0.4, 0.5) is 0 Å². The zero-order valence-electron chi connectivity index (χ0n) is 12.5. The number of benzene rings is 1. The highest BCUT2D eigenvalue weighted by Crippen LogP contribution is 2.36. The standard InChI is InChI=1S/C17H18ClN3O/c1-12(18)10-21(17(22)14-9-19-20(2)11-14)16-8-7-13-5-3-4-6-15(13)16/h3-6,9,11,16H,1,7-8,10H2,2H3/t16-/m0/s1. The zero-order chi connectivity index (χ0) is 15.7. The first-order chi connectivity index (χ1) is 10.6. The van der Waals surface area contributed by atoms with Gasteiger partial charge in [0.1, 0.15) is 0 Å². The Kier molecular flexibility index (Phi) is 4.03. The number of amides is 1. The molecule has 1 aromatic carbocycles. The van der Waals surface area contributed by atoms with Crippen LogP contribution in [-0.4, -0.2) is 27.1 Å². The third kappa shape index (κ3) is 2.79. The summed E-state index contributed by atoms with van der Waals surface area (Å²) in [5.74, 6) is -0.0587. The summed E-state index contributed by atoms with van der Waals surface area (Å²) >= 11 is 6.01. The van der Waals surface area contributed by atoms with Crippen LogP contribution in [-0.2, 0) is 13.5 Å². The summed E-state index contributed by atoms with van der Waals surface area (Å²) in [5, 5.41) is 4.54. The summed E-state index contributed by atoms with van der Waals surface area (Å²) in [5.41, 5.74) is 3.08. The monoisotopic (exact) mass is 315 g/mol. The number of fused-ring (bicyclic) bond motifs is 1. The van der Waals surface area contributed by atoms with Crippen molar-refractivity contribution < 1.29 is 4.79 Å². The molecule has 3 rings (SSSR count). The number of rotatable bonds is 4. The number of carbonyl (C=O) groups excluding carboxylic acids is 1. The van der Waals surface area contributed by atoms with Crippen LogP contribution in [0.5, 0.6) is 0 Å². The first-order valence-corrected chi connectivity index (χ1v) is 7.64. The fraction of sp³-hybridized carbons (Fsp3) is 0.294. The van der Waals surface area contributed by atoms with E-state index >= 15 is 0 Å². The molecule has 4 nitrogen and oxygen atoms in total. The molecule has 2 aromatic rings. The first-order valence-electron chi connectivity index (χ1n) is 7.27. The molecular formula is C17H18ClN3O. The van der Waals surface area contributed by atoms with Gasteiger partial charge in [0.15, 0.2) is 0 Å². The maximum absolute atomic E-state index is 12.9. The van der Waals surface area contributed by atoms with Gasteiger partial charge < -0.3 is 4.90 Å². The minimum Gasteiger partial charge on any atom is -0.326 e. The predicted octanol–water partition coefficient (Wildman–Crippen LogP) is 3.30. The van der Waals surface area contributed by atoms with E-state index in [1.165, 1.54) is 11.1 Å². The van der Waals surface area contributed by atoms with E-state index in [2.05, 4.69) is 23.8 Å². The van der Waals surface area contributed by atoms with Crippen molar-refractivity contribution >= 4 is 17.5 Å². The normalized spacial score (nSPS) is 16.4. The van der Waals surface area contributed by atoms with Crippen LogP contribution in [0, 0.1) is 0 Å². The number of aromatic nitrogens is 2. The van der Waals surface area contributed by atoms with Crippen LogP contribution in [0.3, 0.4) is 0 Å². The summed E-state index contributed by atoms with van der Waals surface area (Å²) in [4.78, 5) is 14.7. The molecule has 0 N–H and O–H groups in total. The van der Waals surface area contributed by atoms with E-state index in [9.17, 15) is 4.79 Å². The number of hydrogen-bond acceptors (Lipinski definition) is 2. The van der Waals surface area contributed by atoms with Crippen molar-refractivity contribution in [3.8, 4) is 0 Å². The largest absolute Gasteiger partial charge is 0.326 e. The van der Waals surface area contributed by atoms with Crippen LogP contribution in [0.25, 0.3) is 0 Å². The van der Waals surface area contributed by atoms with Gasteiger partial charge in [0.2, 0.25) is 0 Å². The maximum Gasteiger partial charge on any atom is 0.257 e. The van der Waals surface area contributed by atoms with E-state index in [0.717, 1.165) is 12.8 Å². The molecule has 1 heterocycles. The number of nitrogens with zero attached hydrogens (tertiary/aromatic N) is 3. The van der Waals surface area contributed by atoms with Gasteiger partial charge in [-0.05, 0) is 24.0 Å². The van der Waals surface area contributed by atoms with Gasteiger partial charge in [-0.15, -0.1) is 0 Å². The molecule has 1 atom stereocenters. The molecule has 0 bridgehead atoms. The molecule has 22 heavy (non-hydrogen) atoms. The third-order valence-corrected chi connectivity index (χ3v) is 4.15. The Morgan fingerprint density at radius 2 is 2.27 bits per heavy atom. The molecule has 1 aromatic heterocycles. The van der Waals surface area contributed by atoms with Gasteiger partial charge in [-0.25, -0.2) is 0 Å². The fourth-order valence-electron chi connectivity index (χ4n) is 3.06. The van der Waals surface area contributed by atoms with Gasteiger partial charge in [-0.1, -0.05) is 42.4 Å². The summed E-state index contributed by atoms with van der Waals surface area (Å²) in [7, 11) is 1.80. The fourth-order valence-corrected chi connectivity index (χ4v) is 3.19. The first kappa shape index (κ1) is 14.9. The topological polar surface area (TPSA) is 38.1 Å².